The first-order chi connectivity index (χ1) is 15.4. The van der Waals surface area contributed by atoms with Crippen LogP contribution in [0.3, 0.4) is 0 Å². The van der Waals surface area contributed by atoms with Gasteiger partial charge in [0.25, 0.3) is 0 Å². The van der Waals surface area contributed by atoms with Gasteiger partial charge >= 0.3 is 0 Å². The van der Waals surface area contributed by atoms with Gasteiger partial charge in [0.2, 0.25) is 11.8 Å². The smallest absolute Gasteiger partial charge is 0.247 e. The predicted molar refractivity (Wildman–Crippen MR) is 113 cm³/mol. The van der Waals surface area contributed by atoms with E-state index in [0.717, 1.165) is 23.4 Å². The van der Waals surface area contributed by atoms with Crippen molar-refractivity contribution < 1.29 is 14.0 Å². The van der Waals surface area contributed by atoms with Crippen molar-refractivity contribution in [2.24, 2.45) is 0 Å². The minimum atomic E-state index is -0.628. The maximum absolute atomic E-state index is 13.9. The van der Waals surface area contributed by atoms with Gasteiger partial charge in [0.1, 0.15) is 5.82 Å². The molecule has 32 heavy (non-hydrogen) atoms. The van der Waals surface area contributed by atoms with E-state index >= 15 is 0 Å². The van der Waals surface area contributed by atoms with Crippen LogP contribution in [-0.2, 0) is 16.0 Å². The van der Waals surface area contributed by atoms with Crippen LogP contribution in [0.15, 0.2) is 43.2 Å². The van der Waals surface area contributed by atoms with Crippen LogP contribution in [0.1, 0.15) is 17.0 Å². The van der Waals surface area contributed by atoms with E-state index < -0.39 is 11.7 Å². The average molecular weight is 435 g/mol. The molecule has 0 radical (unpaired) electrons. The van der Waals surface area contributed by atoms with Crippen LogP contribution in [0.5, 0.6) is 0 Å². The van der Waals surface area contributed by atoms with Gasteiger partial charge in [0, 0.05) is 16.9 Å². The van der Waals surface area contributed by atoms with Crippen molar-refractivity contribution in [2.45, 2.75) is 20.3 Å². The molecule has 0 aliphatic heterocycles. The van der Waals surface area contributed by atoms with E-state index in [0.29, 0.717) is 22.8 Å². The van der Waals surface area contributed by atoms with Gasteiger partial charge in [-0.25, -0.2) is 9.07 Å². The summed E-state index contributed by atoms with van der Waals surface area (Å²) in [6, 6.07) is 3.90. The second-order valence-corrected chi connectivity index (χ2v) is 6.89. The maximum Gasteiger partial charge on any atom is 0.247 e. The number of aryl methyl sites for hydroxylation is 1. The summed E-state index contributed by atoms with van der Waals surface area (Å²) < 4.78 is 17.0. The maximum atomic E-state index is 13.9. The first-order valence-electron chi connectivity index (χ1n) is 9.47. The summed E-state index contributed by atoms with van der Waals surface area (Å²) in [6.45, 7) is 6.95. The molecule has 11 nitrogen and oxygen atoms in total. The Balaban J connectivity index is 1.56. The number of carbonyl (C=O) groups excluding carboxylic acids is 2. The van der Waals surface area contributed by atoms with E-state index in [4.69, 9.17) is 0 Å². The van der Waals surface area contributed by atoms with E-state index in [2.05, 4.69) is 42.8 Å². The Bertz CT molecular complexity index is 1360. The molecule has 162 valence electrons. The van der Waals surface area contributed by atoms with E-state index in [9.17, 15) is 14.0 Å². The third-order valence-corrected chi connectivity index (χ3v) is 4.78. The van der Waals surface area contributed by atoms with Gasteiger partial charge in [0.15, 0.2) is 11.5 Å². The number of nitrogens with zero attached hydrogens (tertiary/aromatic N) is 7. The second-order valence-electron chi connectivity index (χ2n) is 6.89. The molecule has 0 bridgehead atoms. The lowest BCUT2D eigenvalue weighted by Crippen LogP contribution is -2.16. The Hall–Kier alpha value is -4.48. The van der Waals surface area contributed by atoms with Crippen LogP contribution >= 0.6 is 0 Å². The predicted octanol–water partition coefficient (Wildman–Crippen LogP) is 1.77. The minimum absolute atomic E-state index is 0.0302. The number of tetrazole rings is 1. The Morgan fingerprint density at radius 1 is 1.22 bits per heavy atom. The molecular formula is C20H18FN9O2. The molecule has 0 aliphatic rings. The first-order valence-corrected chi connectivity index (χ1v) is 9.47. The normalized spacial score (nSPS) is 10.8. The highest BCUT2D eigenvalue weighted by atomic mass is 19.1. The third-order valence-electron chi connectivity index (χ3n) is 4.78. The van der Waals surface area contributed by atoms with E-state index in [1.807, 2.05) is 6.92 Å². The number of benzene rings is 1. The fourth-order valence-corrected chi connectivity index (χ4v) is 3.21. The third kappa shape index (κ3) is 3.93. The van der Waals surface area contributed by atoms with Gasteiger partial charge < -0.3 is 10.6 Å². The lowest BCUT2D eigenvalue weighted by Gasteiger charge is -2.09. The fraction of sp³-hybridized carbons (Fsp3) is 0.150. The molecule has 0 saturated heterocycles. The first kappa shape index (κ1) is 20.8. The molecular weight excluding hydrogens is 417 g/mol. The molecule has 0 aliphatic carbocycles. The second kappa shape index (κ2) is 8.34. The highest BCUT2D eigenvalue weighted by Crippen LogP contribution is 2.22. The highest BCUT2D eigenvalue weighted by Gasteiger charge is 2.19. The highest BCUT2D eigenvalue weighted by molar-refractivity contribution is 6.00. The van der Waals surface area contributed by atoms with Crippen LogP contribution in [-0.4, -0.2) is 46.6 Å². The Morgan fingerprint density at radius 3 is 2.81 bits per heavy atom. The zero-order valence-corrected chi connectivity index (χ0v) is 17.2. The molecule has 0 fully saturated rings. The summed E-state index contributed by atoms with van der Waals surface area (Å²) in [5.41, 5.74) is 2.83. The number of nitrogens with one attached hydrogen (secondary N) is 2. The zero-order chi connectivity index (χ0) is 22.8. The van der Waals surface area contributed by atoms with Crippen molar-refractivity contribution in [3.05, 3.63) is 66.0 Å². The lowest BCUT2D eigenvalue weighted by molar-refractivity contribution is -0.115. The van der Waals surface area contributed by atoms with Gasteiger partial charge in [0.05, 0.1) is 30.2 Å². The van der Waals surface area contributed by atoms with Crippen LogP contribution in [0.4, 0.5) is 15.8 Å². The molecule has 2 N–H and O–H groups in total. The molecule has 0 atom stereocenters. The zero-order valence-electron chi connectivity index (χ0n) is 17.2. The van der Waals surface area contributed by atoms with Crippen molar-refractivity contribution in [1.82, 2.24) is 34.8 Å². The summed E-state index contributed by atoms with van der Waals surface area (Å²) in [5, 5.41) is 21.0. The summed E-state index contributed by atoms with van der Waals surface area (Å²) in [4.78, 5) is 28.3. The fourth-order valence-electron chi connectivity index (χ4n) is 3.21. The Kier molecular flexibility index (Phi) is 5.41. The summed E-state index contributed by atoms with van der Waals surface area (Å²) in [7, 11) is 0. The summed E-state index contributed by atoms with van der Waals surface area (Å²) >= 11 is 0. The standard InChI is InChI=1S/C20H18FN9O2/c1-4-18(31)24-16-7-13(5-6-15(16)21)23-19(32)8-14-11(2)26-29(12(14)3)20-10-22-9-17-25-27-28-30(17)20/h4-7,9-10H,1,8H2,2-3H3,(H,23,32)(H,24,31). The van der Waals surface area contributed by atoms with Crippen LogP contribution < -0.4 is 10.6 Å². The molecule has 2 amide bonds. The van der Waals surface area contributed by atoms with Crippen LogP contribution in [0.2, 0.25) is 0 Å². The topological polar surface area (TPSA) is 132 Å². The summed E-state index contributed by atoms with van der Waals surface area (Å²) in [5.74, 6) is -0.988. The Labute approximate surface area is 181 Å². The summed E-state index contributed by atoms with van der Waals surface area (Å²) in [6.07, 6.45) is 4.16. The molecule has 4 rings (SSSR count). The van der Waals surface area contributed by atoms with Crippen molar-refractivity contribution in [2.75, 3.05) is 10.6 Å². The van der Waals surface area contributed by atoms with Gasteiger partial charge in [-0.2, -0.15) is 9.61 Å². The number of anilines is 2. The number of hydrogen-bond acceptors (Lipinski definition) is 7. The number of rotatable bonds is 6. The van der Waals surface area contributed by atoms with Gasteiger partial charge in [-0.1, -0.05) is 6.58 Å². The molecule has 0 unspecified atom stereocenters. The minimum Gasteiger partial charge on any atom is -0.326 e. The monoisotopic (exact) mass is 435 g/mol. The molecule has 12 heteroatoms. The molecule has 0 spiro atoms. The molecule has 1 aromatic carbocycles. The largest absolute Gasteiger partial charge is 0.326 e. The quantitative estimate of drug-likeness (QED) is 0.441. The number of hydrogen-bond donors (Lipinski definition) is 2. The number of aromatic nitrogens is 7. The molecule has 4 aromatic rings. The van der Waals surface area contributed by atoms with Crippen LogP contribution in [0, 0.1) is 19.7 Å². The molecule has 3 heterocycles. The number of halogens is 1. The van der Waals surface area contributed by atoms with Gasteiger partial charge in [-0.3, -0.25) is 14.6 Å². The van der Waals surface area contributed by atoms with Crippen LogP contribution in [0.25, 0.3) is 11.5 Å². The number of carbonyl (C=O) groups is 2. The van der Waals surface area contributed by atoms with E-state index in [1.54, 1.807) is 17.8 Å². The number of fused-ring (bicyclic) bond motifs is 1. The molecule has 3 aromatic heterocycles. The number of amides is 2. The SMILES string of the molecule is C=CC(=O)Nc1cc(NC(=O)Cc2c(C)nn(-c3cncc4nnnn34)c2C)ccc1F. The van der Waals surface area contributed by atoms with Crippen molar-refractivity contribution >= 4 is 28.8 Å². The average Bonchev–Trinajstić information content (AvgIpc) is 3.36. The van der Waals surface area contributed by atoms with Crippen molar-refractivity contribution in [3.63, 3.8) is 0 Å². The van der Waals surface area contributed by atoms with Gasteiger partial charge in [-0.15, -0.1) is 5.10 Å². The molecule has 0 saturated carbocycles. The van der Waals surface area contributed by atoms with E-state index in [1.165, 1.54) is 22.8 Å². The van der Waals surface area contributed by atoms with Gasteiger partial charge in [-0.05, 0) is 48.5 Å². The Morgan fingerprint density at radius 2 is 2.03 bits per heavy atom. The van der Waals surface area contributed by atoms with Crippen molar-refractivity contribution in [1.29, 1.82) is 0 Å². The lowest BCUT2D eigenvalue weighted by atomic mass is 10.1. The van der Waals surface area contributed by atoms with Crippen molar-refractivity contribution in [3.8, 4) is 5.82 Å². The van der Waals surface area contributed by atoms with E-state index in [-0.39, 0.29) is 18.0 Å².